The summed E-state index contributed by atoms with van der Waals surface area (Å²) < 4.78 is 41.0. The number of carboxylic acids is 1. The molecule has 1 fully saturated rings. The molecule has 156 valence electrons. The number of alkyl halides is 2. The van der Waals surface area contributed by atoms with Gasteiger partial charge in [0, 0.05) is 29.4 Å². The Labute approximate surface area is 175 Å². The van der Waals surface area contributed by atoms with Crippen LogP contribution in [0.25, 0.3) is 10.9 Å². The van der Waals surface area contributed by atoms with Gasteiger partial charge in [0.1, 0.15) is 5.82 Å². The number of aromatic nitrogens is 1. The van der Waals surface area contributed by atoms with Gasteiger partial charge in [0.15, 0.2) is 0 Å². The van der Waals surface area contributed by atoms with E-state index in [1.54, 1.807) is 24.4 Å². The van der Waals surface area contributed by atoms with Crippen LogP contribution in [0.2, 0.25) is 5.02 Å². The average molecular weight is 435 g/mol. The maximum absolute atomic E-state index is 13.7. The smallest absolute Gasteiger partial charge is 0.337 e. The van der Waals surface area contributed by atoms with E-state index in [0.29, 0.717) is 27.2 Å². The van der Waals surface area contributed by atoms with Crippen LogP contribution in [0.4, 0.5) is 24.5 Å². The number of carboxylic acid groups (broad SMARTS) is 1. The highest BCUT2D eigenvalue weighted by molar-refractivity contribution is 6.31. The average Bonchev–Trinajstić information content (AvgIpc) is 2.69. The van der Waals surface area contributed by atoms with Gasteiger partial charge in [-0.05, 0) is 60.7 Å². The van der Waals surface area contributed by atoms with Crippen LogP contribution >= 0.6 is 11.6 Å². The molecule has 0 radical (unpaired) electrons. The second-order valence-corrected chi connectivity index (χ2v) is 7.94. The first-order valence-corrected chi connectivity index (χ1v) is 9.87. The molecular formula is C22H18ClF3N2O2. The second kappa shape index (κ2) is 7.80. The molecule has 1 heterocycles. The van der Waals surface area contributed by atoms with Crippen molar-refractivity contribution in [3.63, 3.8) is 0 Å². The maximum Gasteiger partial charge on any atom is 0.337 e. The molecule has 3 aromatic rings. The molecule has 0 spiro atoms. The molecule has 2 aromatic carbocycles. The SMILES string of the molecule is O=C(O)c1cc(F)ccc1Nc1c(C2CCC(F)(F)CC2)cnc2ccc(Cl)cc12. The molecule has 0 bridgehead atoms. The number of anilines is 2. The number of hydrogen-bond acceptors (Lipinski definition) is 3. The molecule has 1 aliphatic rings. The molecule has 1 aliphatic carbocycles. The monoisotopic (exact) mass is 434 g/mol. The van der Waals surface area contributed by atoms with Crippen molar-refractivity contribution in [1.29, 1.82) is 0 Å². The quantitative estimate of drug-likeness (QED) is 0.476. The lowest BCUT2D eigenvalue weighted by molar-refractivity contribution is -0.0381. The summed E-state index contributed by atoms with van der Waals surface area (Å²) in [6, 6.07) is 8.53. The summed E-state index contributed by atoms with van der Waals surface area (Å²) in [6.45, 7) is 0. The van der Waals surface area contributed by atoms with E-state index in [1.165, 1.54) is 6.07 Å². The van der Waals surface area contributed by atoms with Crippen molar-refractivity contribution < 1.29 is 23.1 Å². The fraction of sp³-hybridized carbons (Fsp3) is 0.273. The molecule has 1 saturated carbocycles. The van der Waals surface area contributed by atoms with E-state index < -0.39 is 17.7 Å². The van der Waals surface area contributed by atoms with Gasteiger partial charge in [0.2, 0.25) is 5.92 Å². The largest absolute Gasteiger partial charge is 0.478 e. The molecule has 0 aliphatic heterocycles. The Morgan fingerprint density at radius 2 is 1.90 bits per heavy atom. The molecule has 0 unspecified atom stereocenters. The van der Waals surface area contributed by atoms with Crippen LogP contribution in [-0.4, -0.2) is 22.0 Å². The van der Waals surface area contributed by atoms with Crippen molar-refractivity contribution in [1.82, 2.24) is 4.98 Å². The van der Waals surface area contributed by atoms with Gasteiger partial charge in [-0.1, -0.05) is 11.6 Å². The molecule has 0 saturated heterocycles. The molecule has 4 nitrogen and oxygen atoms in total. The van der Waals surface area contributed by atoms with Crippen LogP contribution in [0, 0.1) is 5.82 Å². The molecule has 1 aromatic heterocycles. The van der Waals surface area contributed by atoms with E-state index in [9.17, 15) is 23.1 Å². The zero-order valence-corrected chi connectivity index (χ0v) is 16.5. The third kappa shape index (κ3) is 4.07. The van der Waals surface area contributed by atoms with Crippen LogP contribution in [0.5, 0.6) is 0 Å². The van der Waals surface area contributed by atoms with Gasteiger partial charge < -0.3 is 10.4 Å². The van der Waals surface area contributed by atoms with Crippen LogP contribution < -0.4 is 5.32 Å². The van der Waals surface area contributed by atoms with E-state index in [4.69, 9.17) is 11.6 Å². The van der Waals surface area contributed by atoms with Gasteiger partial charge in [-0.3, -0.25) is 4.98 Å². The summed E-state index contributed by atoms with van der Waals surface area (Å²) in [7, 11) is 0. The fourth-order valence-electron chi connectivity index (χ4n) is 3.92. The third-order valence-electron chi connectivity index (χ3n) is 5.49. The molecule has 0 amide bonds. The highest BCUT2D eigenvalue weighted by atomic mass is 35.5. The van der Waals surface area contributed by atoms with Crippen LogP contribution in [0.3, 0.4) is 0 Å². The Balaban J connectivity index is 1.85. The number of rotatable bonds is 4. The summed E-state index contributed by atoms with van der Waals surface area (Å²) >= 11 is 6.17. The van der Waals surface area contributed by atoms with E-state index in [-0.39, 0.29) is 42.9 Å². The first-order valence-electron chi connectivity index (χ1n) is 9.49. The van der Waals surface area contributed by atoms with E-state index in [1.807, 2.05) is 0 Å². The lowest BCUT2D eigenvalue weighted by Crippen LogP contribution is -2.24. The molecule has 30 heavy (non-hydrogen) atoms. The number of benzene rings is 2. The lowest BCUT2D eigenvalue weighted by Gasteiger charge is -2.30. The Bertz CT molecular complexity index is 1130. The minimum Gasteiger partial charge on any atom is -0.478 e. The van der Waals surface area contributed by atoms with Gasteiger partial charge in [-0.25, -0.2) is 18.0 Å². The standard InChI is InChI=1S/C22H18ClF3N2O2/c23-13-1-3-18-15(9-13)20(28-19-4-2-14(24)10-16(19)21(29)30)17(11-27-18)12-5-7-22(25,26)8-6-12/h1-4,9-12H,5-8H2,(H,27,28)(H,29,30). The summed E-state index contributed by atoms with van der Waals surface area (Å²) in [5.41, 5.74) is 1.83. The van der Waals surface area contributed by atoms with E-state index in [0.717, 1.165) is 12.1 Å². The van der Waals surface area contributed by atoms with Gasteiger partial charge in [0.05, 0.1) is 22.5 Å². The van der Waals surface area contributed by atoms with Crippen LogP contribution in [0.1, 0.15) is 47.5 Å². The Hall–Kier alpha value is -2.80. The van der Waals surface area contributed by atoms with Crippen molar-refractivity contribution in [3.05, 3.63) is 64.6 Å². The number of halogens is 4. The van der Waals surface area contributed by atoms with Crippen molar-refractivity contribution >= 4 is 39.8 Å². The van der Waals surface area contributed by atoms with E-state index >= 15 is 0 Å². The second-order valence-electron chi connectivity index (χ2n) is 7.50. The number of nitrogens with zero attached hydrogens (tertiary/aromatic N) is 1. The lowest BCUT2D eigenvalue weighted by atomic mass is 9.81. The zero-order chi connectivity index (χ0) is 21.5. The van der Waals surface area contributed by atoms with Crippen molar-refractivity contribution in [2.24, 2.45) is 0 Å². The Morgan fingerprint density at radius 3 is 2.60 bits per heavy atom. The zero-order valence-electron chi connectivity index (χ0n) is 15.8. The molecular weight excluding hydrogens is 417 g/mol. The maximum atomic E-state index is 13.7. The number of pyridine rings is 1. The summed E-state index contributed by atoms with van der Waals surface area (Å²) in [6.07, 6.45) is 1.76. The first-order chi connectivity index (χ1) is 14.2. The van der Waals surface area contributed by atoms with Gasteiger partial charge >= 0.3 is 5.97 Å². The minimum atomic E-state index is -2.68. The Kier molecular flexibility index (Phi) is 5.32. The molecule has 2 N–H and O–H groups in total. The molecule has 0 atom stereocenters. The normalized spacial score (nSPS) is 16.5. The summed E-state index contributed by atoms with van der Waals surface area (Å²) in [5, 5.41) is 13.7. The number of nitrogens with one attached hydrogen (secondary N) is 1. The van der Waals surface area contributed by atoms with E-state index in [2.05, 4.69) is 10.3 Å². The Morgan fingerprint density at radius 1 is 1.17 bits per heavy atom. The van der Waals surface area contributed by atoms with Gasteiger partial charge in [-0.2, -0.15) is 0 Å². The summed E-state index contributed by atoms with van der Waals surface area (Å²) in [4.78, 5) is 16.1. The molecule has 4 rings (SSSR count). The van der Waals surface area contributed by atoms with Crippen molar-refractivity contribution in [3.8, 4) is 0 Å². The van der Waals surface area contributed by atoms with Crippen LogP contribution in [0.15, 0.2) is 42.6 Å². The highest BCUT2D eigenvalue weighted by Gasteiger charge is 2.36. The van der Waals surface area contributed by atoms with Gasteiger partial charge in [0.25, 0.3) is 0 Å². The third-order valence-corrected chi connectivity index (χ3v) is 5.72. The first kappa shape index (κ1) is 20.5. The number of fused-ring (bicyclic) bond motifs is 1. The number of hydrogen-bond donors (Lipinski definition) is 2. The van der Waals surface area contributed by atoms with Crippen LogP contribution in [-0.2, 0) is 0 Å². The fourth-order valence-corrected chi connectivity index (χ4v) is 4.09. The topological polar surface area (TPSA) is 62.2 Å². The molecule has 8 heteroatoms. The van der Waals surface area contributed by atoms with Crippen molar-refractivity contribution in [2.75, 3.05) is 5.32 Å². The predicted molar refractivity (Wildman–Crippen MR) is 110 cm³/mol. The van der Waals surface area contributed by atoms with Gasteiger partial charge in [-0.15, -0.1) is 0 Å². The number of aromatic carboxylic acids is 1. The minimum absolute atomic E-state index is 0.170. The summed E-state index contributed by atoms with van der Waals surface area (Å²) in [5.74, 6) is -4.80. The highest BCUT2D eigenvalue weighted by Crippen LogP contribution is 2.45. The predicted octanol–water partition coefficient (Wildman–Crippen LogP) is 6.76. The number of carbonyl (C=O) groups is 1. The van der Waals surface area contributed by atoms with Crippen molar-refractivity contribution in [2.45, 2.75) is 37.5 Å².